The zero-order valence-corrected chi connectivity index (χ0v) is 11.6. The number of carbonyl (C=O) groups excluding carboxylic acids is 1. The van der Waals surface area contributed by atoms with Crippen LogP contribution >= 0.6 is 11.6 Å². The second kappa shape index (κ2) is 5.85. The molecule has 0 saturated carbocycles. The van der Waals surface area contributed by atoms with Gasteiger partial charge in [-0.2, -0.15) is 0 Å². The molecule has 0 aliphatic heterocycles. The molecule has 0 saturated heterocycles. The Kier molecular flexibility index (Phi) is 3.75. The molecule has 0 N–H and O–H groups in total. The average molecular weight is 300 g/mol. The van der Waals surface area contributed by atoms with Gasteiger partial charge < -0.3 is 4.74 Å². The van der Waals surface area contributed by atoms with Crippen LogP contribution < -0.4 is 0 Å². The predicted octanol–water partition coefficient (Wildman–Crippen LogP) is 3.04. The number of fused-ring (bicyclic) bond motifs is 1. The van der Waals surface area contributed by atoms with E-state index in [1.54, 1.807) is 0 Å². The summed E-state index contributed by atoms with van der Waals surface area (Å²) in [6.45, 7) is 0.0338. The fraction of sp³-hybridized carbons (Fsp3) is 0.0667. The summed E-state index contributed by atoms with van der Waals surface area (Å²) in [5.41, 5.74) is 1.60. The first-order valence-electron chi connectivity index (χ1n) is 6.21. The molecule has 0 radical (unpaired) electrons. The monoisotopic (exact) mass is 299 g/mol. The summed E-state index contributed by atoms with van der Waals surface area (Å²) in [6.07, 6.45) is 4.27. The number of halogens is 1. The number of rotatable bonds is 3. The van der Waals surface area contributed by atoms with Crippen molar-refractivity contribution in [2.24, 2.45) is 0 Å². The van der Waals surface area contributed by atoms with Crippen LogP contribution in [0, 0.1) is 0 Å². The number of benzene rings is 1. The molecule has 0 fully saturated rings. The molecule has 5 nitrogen and oxygen atoms in total. The van der Waals surface area contributed by atoms with Crippen LogP contribution in [-0.2, 0) is 11.3 Å². The third-order valence-corrected chi connectivity index (χ3v) is 3.21. The highest BCUT2D eigenvalue weighted by molar-refractivity contribution is 6.30. The number of hydrogen-bond donors (Lipinski definition) is 0. The molecule has 1 aromatic carbocycles. The Hall–Kier alpha value is -2.53. The van der Waals surface area contributed by atoms with Crippen LogP contribution in [0.2, 0.25) is 5.15 Å². The molecule has 21 heavy (non-hydrogen) atoms. The molecular formula is C15H10ClN3O2. The molecule has 6 heteroatoms. The minimum Gasteiger partial charge on any atom is -0.456 e. The highest BCUT2D eigenvalue weighted by Gasteiger charge is 2.11. The molecule has 0 aliphatic rings. The third kappa shape index (κ3) is 2.98. The Labute approximate surface area is 125 Å². The van der Waals surface area contributed by atoms with E-state index in [9.17, 15) is 4.79 Å². The fourth-order valence-corrected chi connectivity index (χ4v) is 2.06. The van der Waals surface area contributed by atoms with E-state index in [0.717, 1.165) is 10.9 Å². The Morgan fingerprint density at radius 1 is 1.24 bits per heavy atom. The lowest BCUT2D eigenvalue weighted by Crippen LogP contribution is -2.08. The standard InChI is InChI=1S/C15H10ClN3O2/c16-14-11(7-10-3-1-2-4-12(10)19-14)9-21-15(20)13-8-17-5-6-18-13/h1-8H,9H2. The summed E-state index contributed by atoms with van der Waals surface area (Å²) >= 11 is 6.10. The minimum atomic E-state index is -0.549. The van der Waals surface area contributed by atoms with Crippen molar-refractivity contribution >= 4 is 28.5 Å². The largest absolute Gasteiger partial charge is 0.456 e. The summed E-state index contributed by atoms with van der Waals surface area (Å²) in [6, 6.07) is 9.45. The summed E-state index contributed by atoms with van der Waals surface area (Å²) in [5, 5.41) is 1.26. The molecule has 2 aromatic heterocycles. The Morgan fingerprint density at radius 2 is 2.10 bits per heavy atom. The maximum atomic E-state index is 11.8. The molecule has 3 aromatic rings. The molecule has 0 aliphatic carbocycles. The Morgan fingerprint density at radius 3 is 2.90 bits per heavy atom. The van der Waals surface area contributed by atoms with Crippen molar-refractivity contribution in [3.8, 4) is 0 Å². The van der Waals surface area contributed by atoms with Gasteiger partial charge in [-0.05, 0) is 12.1 Å². The van der Waals surface area contributed by atoms with Crippen LogP contribution in [0.3, 0.4) is 0 Å². The van der Waals surface area contributed by atoms with E-state index in [1.807, 2.05) is 30.3 Å². The zero-order chi connectivity index (χ0) is 14.7. The molecule has 0 bridgehead atoms. The van der Waals surface area contributed by atoms with E-state index < -0.39 is 5.97 Å². The van der Waals surface area contributed by atoms with Crippen molar-refractivity contribution in [3.05, 3.63) is 65.3 Å². The van der Waals surface area contributed by atoms with Crippen LogP contribution in [0.15, 0.2) is 48.9 Å². The molecule has 0 atom stereocenters. The van der Waals surface area contributed by atoms with Crippen molar-refractivity contribution in [2.45, 2.75) is 6.61 Å². The number of esters is 1. The average Bonchev–Trinajstić information content (AvgIpc) is 2.53. The van der Waals surface area contributed by atoms with Crippen LogP contribution in [0.25, 0.3) is 10.9 Å². The number of ether oxygens (including phenoxy) is 1. The normalized spacial score (nSPS) is 10.5. The van der Waals surface area contributed by atoms with E-state index in [0.29, 0.717) is 10.7 Å². The van der Waals surface area contributed by atoms with Gasteiger partial charge in [0.05, 0.1) is 11.7 Å². The first kappa shape index (κ1) is 13.5. The van der Waals surface area contributed by atoms with Gasteiger partial charge >= 0.3 is 5.97 Å². The van der Waals surface area contributed by atoms with Gasteiger partial charge in [-0.1, -0.05) is 29.8 Å². The van der Waals surface area contributed by atoms with Gasteiger partial charge in [0.1, 0.15) is 11.8 Å². The van der Waals surface area contributed by atoms with E-state index in [4.69, 9.17) is 16.3 Å². The van der Waals surface area contributed by atoms with Crippen LogP contribution in [0.4, 0.5) is 0 Å². The molecule has 104 valence electrons. The van der Waals surface area contributed by atoms with Crippen LogP contribution in [0.1, 0.15) is 16.1 Å². The SMILES string of the molecule is O=C(OCc1cc2ccccc2nc1Cl)c1cnccn1. The second-order valence-electron chi connectivity index (χ2n) is 4.30. The molecule has 0 amide bonds. The molecule has 3 rings (SSSR count). The van der Waals surface area contributed by atoms with Gasteiger partial charge in [0, 0.05) is 23.3 Å². The molecular weight excluding hydrogens is 290 g/mol. The van der Waals surface area contributed by atoms with Crippen LogP contribution in [0.5, 0.6) is 0 Å². The lowest BCUT2D eigenvalue weighted by molar-refractivity contribution is 0.0465. The molecule has 2 heterocycles. The predicted molar refractivity (Wildman–Crippen MR) is 77.9 cm³/mol. The summed E-state index contributed by atoms with van der Waals surface area (Å²) < 4.78 is 5.18. The molecule has 0 spiro atoms. The van der Waals surface area contributed by atoms with Crippen LogP contribution in [-0.4, -0.2) is 20.9 Å². The fourth-order valence-electron chi connectivity index (χ4n) is 1.86. The van der Waals surface area contributed by atoms with Crippen molar-refractivity contribution in [1.29, 1.82) is 0 Å². The number of pyridine rings is 1. The van der Waals surface area contributed by atoms with Gasteiger partial charge in [-0.25, -0.2) is 14.8 Å². The van der Waals surface area contributed by atoms with E-state index in [2.05, 4.69) is 15.0 Å². The number of para-hydroxylation sites is 1. The Balaban J connectivity index is 1.79. The Bertz CT molecular complexity index is 793. The zero-order valence-electron chi connectivity index (χ0n) is 10.9. The highest BCUT2D eigenvalue weighted by Crippen LogP contribution is 2.21. The maximum absolute atomic E-state index is 11.8. The quantitative estimate of drug-likeness (QED) is 0.549. The van der Waals surface area contributed by atoms with E-state index in [-0.39, 0.29) is 12.3 Å². The number of hydrogen-bond acceptors (Lipinski definition) is 5. The van der Waals surface area contributed by atoms with Crippen molar-refractivity contribution in [3.63, 3.8) is 0 Å². The highest BCUT2D eigenvalue weighted by atomic mass is 35.5. The van der Waals surface area contributed by atoms with Crippen molar-refractivity contribution in [2.75, 3.05) is 0 Å². The smallest absolute Gasteiger partial charge is 0.358 e. The first-order valence-corrected chi connectivity index (χ1v) is 6.59. The lowest BCUT2D eigenvalue weighted by atomic mass is 10.2. The summed E-state index contributed by atoms with van der Waals surface area (Å²) in [5.74, 6) is -0.549. The van der Waals surface area contributed by atoms with Gasteiger partial charge in [0.25, 0.3) is 0 Å². The lowest BCUT2D eigenvalue weighted by Gasteiger charge is -2.07. The topological polar surface area (TPSA) is 65.0 Å². The first-order chi connectivity index (χ1) is 10.2. The van der Waals surface area contributed by atoms with Gasteiger partial charge in [0.15, 0.2) is 5.69 Å². The van der Waals surface area contributed by atoms with Crippen molar-refractivity contribution < 1.29 is 9.53 Å². The third-order valence-electron chi connectivity index (χ3n) is 2.88. The van der Waals surface area contributed by atoms with Gasteiger partial charge in [-0.15, -0.1) is 0 Å². The number of aromatic nitrogens is 3. The van der Waals surface area contributed by atoms with Gasteiger partial charge in [0.2, 0.25) is 0 Å². The van der Waals surface area contributed by atoms with E-state index in [1.165, 1.54) is 18.6 Å². The summed E-state index contributed by atoms with van der Waals surface area (Å²) in [7, 11) is 0. The van der Waals surface area contributed by atoms with E-state index >= 15 is 0 Å². The van der Waals surface area contributed by atoms with Gasteiger partial charge in [-0.3, -0.25) is 4.98 Å². The number of carbonyl (C=O) groups is 1. The maximum Gasteiger partial charge on any atom is 0.358 e. The number of nitrogens with zero attached hydrogens (tertiary/aromatic N) is 3. The minimum absolute atomic E-state index is 0.0338. The second-order valence-corrected chi connectivity index (χ2v) is 4.66. The molecule has 0 unspecified atom stereocenters. The summed E-state index contributed by atoms with van der Waals surface area (Å²) in [4.78, 5) is 23.8. The van der Waals surface area contributed by atoms with Crippen molar-refractivity contribution in [1.82, 2.24) is 15.0 Å².